The number of hydrogen-bond donors (Lipinski definition) is 3. The second-order valence-corrected chi connectivity index (χ2v) is 8.58. The van der Waals surface area contributed by atoms with Crippen LogP contribution in [-0.4, -0.2) is 29.1 Å². The number of aromatic nitrogens is 1. The lowest BCUT2D eigenvalue weighted by Crippen LogP contribution is -2.26. The maximum Gasteiger partial charge on any atom is 0.252 e. The summed E-state index contributed by atoms with van der Waals surface area (Å²) in [5, 5.41) is 7.08. The first-order chi connectivity index (χ1) is 15.6. The highest BCUT2D eigenvalue weighted by Gasteiger charge is 2.13. The monoisotopic (exact) mass is 443 g/mol. The zero-order chi connectivity index (χ0) is 22.3. The van der Waals surface area contributed by atoms with Gasteiger partial charge in [0.25, 0.3) is 5.91 Å². The minimum atomic E-state index is -0.133. The van der Waals surface area contributed by atoms with E-state index < -0.39 is 0 Å². The zero-order valence-electron chi connectivity index (χ0n) is 17.9. The number of carbonyl (C=O) groups is 2. The van der Waals surface area contributed by atoms with Crippen molar-refractivity contribution in [2.75, 3.05) is 17.6 Å². The van der Waals surface area contributed by atoms with Gasteiger partial charge < -0.3 is 15.6 Å². The highest BCUT2D eigenvalue weighted by molar-refractivity contribution is 8.00. The number of aromatic amines is 1. The summed E-state index contributed by atoms with van der Waals surface area (Å²) in [6.07, 6.45) is 2.73. The molecule has 4 aromatic rings. The van der Waals surface area contributed by atoms with Gasteiger partial charge in [-0.1, -0.05) is 48.0 Å². The van der Waals surface area contributed by atoms with E-state index in [9.17, 15) is 9.59 Å². The number of amides is 2. The van der Waals surface area contributed by atoms with Crippen molar-refractivity contribution in [3.63, 3.8) is 0 Å². The van der Waals surface area contributed by atoms with Crippen LogP contribution in [0.5, 0.6) is 0 Å². The number of nitrogens with one attached hydrogen (secondary N) is 3. The number of fused-ring (bicyclic) bond motifs is 1. The lowest BCUT2D eigenvalue weighted by Gasteiger charge is -2.10. The summed E-state index contributed by atoms with van der Waals surface area (Å²) in [4.78, 5) is 29.2. The Kier molecular flexibility index (Phi) is 6.92. The van der Waals surface area contributed by atoms with E-state index in [0.717, 1.165) is 28.1 Å². The van der Waals surface area contributed by atoms with Gasteiger partial charge >= 0.3 is 0 Å². The molecule has 0 bridgehead atoms. The molecule has 3 aromatic carbocycles. The van der Waals surface area contributed by atoms with Gasteiger partial charge in [-0.3, -0.25) is 9.59 Å². The first-order valence-electron chi connectivity index (χ1n) is 10.5. The van der Waals surface area contributed by atoms with Crippen molar-refractivity contribution in [3.05, 3.63) is 95.7 Å². The van der Waals surface area contributed by atoms with E-state index in [4.69, 9.17) is 0 Å². The first-order valence-corrected chi connectivity index (χ1v) is 11.5. The van der Waals surface area contributed by atoms with E-state index in [1.165, 1.54) is 22.7 Å². The van der Waals surface area contributed by atoms with Gasteiger partial charge in [0.15, 0.2) is 0 Å². The Morgan fingerprint density at radius 2 is 1.69 bits per heavy atom. The SMILES string of the molecule is Cc1ccc(NC(=O)CSc2ccccc2C(=O)NCCc2c[nH]c3ccccc23)cc1. The Balaban J connectivity index is 1.32. The summed E-state index contributed by atoms with van der Waals surface area (Å²) < 4.78 is 0. The molecule has 0 unspecified atom stereocenters. The molecule has 2 amide bonds. The fraction of sp³-hybridized carbons (Fsp3) is 0.154. The zero-order valence-corrected chi connectivity index (χ0v) is 18.7. The molecule has 0 radical (unpaired) electrons. The average molecular weight is 444 g/mol. The summed E-state index contributed by atoms with van der Waals surface area (Å²) in [6, 6.07) is 23.2. The topological polar surface area (TPSA) is 74.0 Å². The standard InChI is InChI=1S/C26H25N3O2S/c1-18-10-12-20(13-11-18)29-25(30)17-32-24-9-5-3-7-22(24)26(31)27-15-14-19-16-28-23-8-4-2-6-21(19)23/h2-13,16,28H,14-15,17H2,1H3,(H,27,31)(H,29,30). The number of carbonyl (C=O) groups excluding carboxylic acids is 2. The van der Waals surface area contributed by atoms with Crippen LogP contribution < -0.4 is 10.6 Å². The third-order valence-electron chi connectivity index (χ3n) is 5.18. The molecule has 0 saturated carbocycles. The number of hydrogen-bond acceptors (Lipinski definition) is 3. The smallest absolute Gasteiger partial charge is 0.252 e. The van der Waals surface area contributed by atoms with Crippen molar-refractivity contribution < 1.29 is 9.59 Å². The van der Waals surface area contributed by atoms with Crippen molar-refractivity contribution in [2.24, 2.45) is 0 Å². The third kappa shape index (κ3) is 5.39. The summed E-state index contributed by atoms with van der Waals surface area (Å²) >= 11 is 1.36. The van der Waals surface area contributed by atoms with Crippen molar-refractivity contribution in [3.8, 4) is 0 Å². The van der Waals surface area contributed by atoms with Gasteiger partial charge in [0, 0.05) is 34.2 Å². The molecule has 0 fully saturated rings. The lowest BCUT2D eigenvalue weighted by atomic mass is 10.1. The van der Waals surface area contributed by atoms with Crippen LogP contribution in [0.3, 0.4) is 0 Å². The fourth-order valence-corrected chi connectivity index (χ4v) is 4.35. The maximum absolute atomic E-state index is 12.8. The number of H-pyrrole nitrogens is 1. The first kappa shape index (κ1) is 21.7. The summed E-state index contributed by atoms with van der Waals surface area (Å²) in [7, 11) is 0. The van der Waals surface area contributed by atoms with Gasteiger partial charge in [-0.15, -0.1) is 11.8 Å². The summed E-state index contributed by atoms with van der Waals surface area (Å²) in [6.45, 7) is 2.54. The molecule has 0 saturated heterocycles. The second kappa shape index (κ2) is 10.2. The third-order valence-corrected chi connectivity index (χ3v) is 6.25. The number of aryl methyl sites for hydroxylation is 1. The average Bonchev–Trinajstić information content (AvgIpc) is 3.22. The number of benzene rings is 3. The molecule has 1 heterocycles. The van der Waals surface area contributed by atoms with Gasteiger partial charge in [-0.2, -0.15) is 0 Å². The van der Waals surface area contributed by atoms with Crippen LogP contribution in [0, 0.1) is 6.92 Å². The molecule has 0 aliphatic rings. The van der Waals surface area contributed by atoms with Crippen LogP contribution in [-0.2, 0) is 11.2 Å². The molecule has 1 aromatic heterocycles. The number of thioether (sulfide) groups is 1. The normalized spacial score (nSPS) is 10.8. The highest BCUT2D eigenvalue weighted by Crippen LogP contribution is 2.23. The van der Waals surface area contributed by atoms with Crippen LogP contribution in [0.2, 0.25) is 0 Å². The van der Waals surface area contributed by atoms with Gasteiger partial charge in [0.1, 0.15) is 0 Å². The molecule has 0 aliphatic heterocycles. The molecule has 0 aliphatic carbocycles. The minimum Gasteiger partial charge on any atom is -0.361 e. The second-order valence-electron chi connectivity index (χ2n) is 7.56. The summed E-state index contributed by atoms with van der Waals surface area (Å²) in [5.74, 6) is -0.00618. The molecule has 5 nitrogen and oxygen atoms in total. The van der Waals surface area contributed by atoms with E-state index >= 15 is 0 Å². The van der Waals surface area contributed by atoms with E-state index in [0.29, 0.717) is 12.1 Å². The molecule has 162 valence electrons. The van der Waals surface area contributed by atoms with Gasteiger partial charge in [-0.25, -0.2) is 0 Å². The van der Waals surface area contributed by atoms with E-state index in [1.807, 2.05) is 73.8 Å². The molecule has 0 atom stereocenters. The van der Waals surface area contributed by atoms with Crippen LogP contribution in [0.15, 0.2) is 83.9 Å². The van der Waals surface area contributed by atoms with Crippen molar-refractivity contribution in [1.29, 1.82) is 0 Å². The Labute approximate surface area is 191 Å². The van der Waals surface area contributed by atoms with Gasteiger partial charge in [0.05, 0.1) is 11.3 Å². The van der Waals surface area contributed by atoms with Crippen LogP contribution in [0.25, 0.3) is 10.9 Å². The quantitative estimate of drug-likeness (QED) is 0.329. The Morgan fingerprint density at radius 3 is 2.53 bits per heavy atom. The van der Waals surface area contributed by atoms with Crippen LogP contribution in [0.4, 0.5) is 5.69 Å². The molecular formula is C26H25N3O2S. The van der Waals surface area contributed by atoms with Crippen molar-refractivity contribution >= 4 is 40.2 Å². The maximum atomic E-state index is 12.8. The molecule has 3 N–H and O–H groups in total. The van der Waals surface area contributed by atoms with Gasteiger partial charge in [0.2, 0.25) is 5.91 Å². The lowest BCUT2D eigenvalue weighted by molar-refractivity contribution is -0.113. The van der Waals surface area contributed by atoms with E-state index in [1.54, 1.807) is 6.07 Å². The number of anilines is 1. The molecule has 4 rings (SSSR count). The molecule has 32 heavy (non-hydrogen) atoms. The predicted octanol–water partition coefficient (Wildman–Crippen LogP) is 5.18. The van der Waals surface area contributed by atoms with Crippen molar-refractivity contribution in [1.82, 2.24) is 10.3 Å². The Bertz CT molecular complexity index is 1230. The fourth-order valence-electron chi connectivity index (χ4n) is 3.50. The Morgan fingerprint density at radius 1 is 0.938 bits per heavy atom. The predicted molar refractivity (Wildman–Crippen MR) is 131 cm³/mol. The largest absolute Gasteiger partial charge is 0.361 e. The van der Waals surface area contributed by atoms with E-state index in [-0.39, 0.29) is 17.6 Å². The minimum absolute atomic E-state index is 0.103. The summed E-state index contributed by atoms with van der Waals surface area (Å²) in [5.41, 5.74) is 4.77. The Hall–Kier alpha value is -3.51. The van der Waals surface area contributed by atoms with Crippen LogP contribution >= 0.6 is 11.8 Å². The molecular weight excluding hydrogens is 418 g/mol. The van der Waals surface area contributed by atoms with Gasteiger partial charge in [-0.05, 0) is 49.2 Å². The molecule has 0 spiro atoms. The van der Waals surface area contributed by atoms with Crippen molar-refractivity contribution in [2.45, 2.75) is 18.2 Å². The number of rotatable bonds is 8. The van der Waals surface area contributed by atoms with Crippen LogP contribution in [0.1, 0.15) is 21.5 Å². The molecule has 6 heteroatoms. The number of para-hydroxylation sites is 1. The highest BCUT2D eigenvalue weighted by atomic mass is 32.2. The van der Waals surface area contributed by atoms with E-state index in [2.05, 4.69) is 21.7 Å².